The first kappa shape index (κ1) is 14.8. The summed E-state index contributed by atoms with van der Waals surface area (Å²) in [5, 5.41) is 2.89. The number of furan rings is 1. The Labute approximate surface area is 133 Å². The van der Waals surface area contributed by atoms with E-state index in [4.69, 9.17) is 4.42 Å². The summed E-state index contributed by atoms with van der Waals surface area (Å²) in [6, 6.07) is 18.0. The number of aryl methyl sites for hydroxylation is 1. The van der Waals surface area contributed by atoms with Crippen molar-refractivity contribution in [2.24, 2.45) is 0 Å². The molecule has 3 aromatic rings. The summed E-state index contributed by atoms with van der Waals surface area (Å²) >= 11 is 0. The van der Waals surface area contributed by atoms with Crippen LogP contribution in [0.5, 0.6) is 0 Å². The summed E-state index contributed by atoms with van der Waals surface area (Å²) in [5.74, 6) is 0.707. The fourth-order valence-corrected chi connectivity index (χ4v) is 2.26. The van der Waals surface area contributed by atoms with E-state index in [0.717, 1.165) is 16.8 Å². The van der Waals surface area contributed by atoms with Crippen molar-refractivity contribution in [1.82, 2.24) is 0 Å². The van der Waals surface area contributed by atoms with Gasteiger partial charge in [0.05, 0.1) is 0 Å². The van der Waals surface area contributed by atoms with Gasteiger partial charge in [-0.15, -0.1) is 0 Å². The van der Waals surface area contributed by atoms with Crippen molar-refractivity contribution in [3.05, 3.63) is 77.6 Å². The molecule has 0 aliphatic rings. The molecule has 0 aliphatic heterocycles. The van der Waals surface area contributed by atoms with E-state index in [2.05, 4.69) is 5.32 Å². The lowest BCUT2D eigenvalue weighted by atomic mass is 10.1. The van der Waals surface area contributed by atoms with Crippen LogP contribution in [0.4, 0.5) is 5.69 Å². The van der Waals surface area contributed by atoms with Crippen LogP contribution in [0.15, 0.2) is 65.1 Å². The Morgan fingerprint density at radius 3 is 2.39 bits per heavy atom. The van der Waals surface area contributed by atoms with Crippen LogP contribution in [0.1, 0.15) is 26.5 Å². The van der Waals surface area contributed by atoms with Gasteiger partial charge < -0.3 is 9.73 Å². The molecule has 0 saturated heterocycles. The second-order valence-electron chi connectivity index (χ2n) is 5.17. The average molecular weight is 305 g/mol. The molecule has 0 radical (unpaired) electrons. The summed E-state index contributed by atoms with van der Waals surface area (Å²) in [5.41, 5.74) is 3.17. The van der Waals surface area contributed by atoms with Crippen LogP contribution >= 0.6 is 0 Å². The molecule has 0 unspecified atom stereocenters. The number of amides is 1. The number of para-hydroxylation sites is 1. The molecular formula is C19H15NO3. The summed E-state index contributed by atoms with van der Waals surface area (Å²) in [4.78, 5) is 22.9. The molecule has 0 aliphatic carbocycles. The lowest BCUT2D eigenvalue weighted by Crippen LogP contribution is -2.12. The van der Waals surface area contributed by atoms with Crippen LogP contribution in [-0.2, 0) is 0 Å². The second-order valence-corrected chi connectivity index (χ2v) is 5.17. The van der Waals surface area contributed by atoms with Crippen LogP contribution in [0.25, 0.3) is 11.3 Å². The number of anilines is 1. The number of hydrogen-bond donors (Lipinski definition) is 1. The van der Waals surface area contributed by atoms with Crippen LogP contribution in [0, 0.1) is 6.92 Å². The monoisotopic (exact) mass is 305 g/mol. The molecule has 1 amide bonds. The minimum atomic E-state index is -0.168. The molecule has 0 fully saturated rings. The zero-order chi connectivity index (χ0) is 16.2. The summed E-state index contributed by atoms with van der Waals surface area (Å²) < 4.78 is 5.36. The maximum absolute atomic E-state index is 12.3. The number of nitrogens with one attached hydrogen (secondary N) is 1. The fourth-order valence-electron chi connectivity index (χ4n) is 2.26. The van der Waals surface area contributed by atoms with Crippen molar-refractivity contribution in [2.75, 3.05) is 5.32 Å². The van der Waals surface area contributed by atoms with Crippen molar-refractivity contribution in [3.63, 3.8) is 0 Å². The largest absolute Gasteiger partial charge is 0.453 e. The molecule has 0 spiro atoms. The third-order valence-electron chi connectivity index (χ3n) is 3.57. The lowest BCUT2D eigenvalue weighted by Gasteiger charge is -2.08. The molecule has 0 atom stereocenters. The number of hydrogen-bond acceptors (Lipinski definition) is 3. The number of benzene rings is 2. The maximum atomic E-state index is 12.3. The van der Waals surface area contributed by atoms with E-state index in [0.29, 0.717) is 17.6 Å². The molecule has 1 aromatic heterocycles. The molecule has 0 saturated carbocycles. The van der Waals surface area contributed by atoms with Gasteiger partial charge in [0.15, 0.2) is 12.0 Å². The number of aldehydes is 1. The molecule has 4 nitrogen and oxygen atoms in total. The van der Waals surface area contributed by atoms with Crippen LogP contribution in [0.3, 0.4) is 0 Å². The highest BCUT2D eigenvalue weighted by Crippen LogP contribution is 2.22. The zero-order valence-electron chi connectivity index (χ0n) is 12.6. The summed E-state index contributed by atoms with van der Waals surface area (Å²) in [7, 11) is 0. The predicted molar refractivity (Wildman–Crippen MR) is 88.7 cm³/mol. The first-order chi connectivity index (χ1) is 11.2. The molecular weight excluding hydrogens is 290 g/mol. The Morgan fingerprint density at radius 2 is 1.74 bits per heavy atom. The van der Waals surface area contributed by atoms with Gasteiger partial charge in [0.1, 0.15) is 5.76 Å². The number of carbonyl (C=O) groups excluding carboxylic acids is 2. The Morgan fingerprint density at radius 1 is 1.00 bits per heavy atom. The molecule has 3 rings (SSSR count). The molecule has 2 aromatic carbocycles. The van der Waals surface area contributed by atoms with Gasteiger partial charge in [-0.05, 0) is 42.8 Å². The van der Waals surface area contributed by atoms with E-state index in [1.165, 1.54) is 0 Å². The topological polar surface area (TPSA) is 59.3 Å². The lowest BCUT2D eigenvalue weighted by molar-refractivity contribution is 0.102. The maximum Gasteiger partial charge on any atom is 0.255 e. The van der Waals surface area contributed by atoms with Gasteiger partial charge in [0.25, 0.3) is 5.91 Å². The van der Waals surface area contributed by atoms with Crippen LogP contribution in [0.2, 0.25) is 0 Å². The minimum Gasteiger partial charge on any atom is -0.453 e. The Kier molecular flexibility index (Phi) is 4.06. The summed E-state index contributed by atoms with van der Waals surface area (Å²) in [6.45, 7) is 1.94. The van der Waals surface area contributed by atoms with Crippen molar-refractivity contribution in [3.8, 4) is 11.3 Å². The number of rotatable bonds is 4. The molecule has 4 heteroatoms. The van der Waals surface area contributed by atoms with Crippen molar-refractivity contribution in [1.29, 1.82) is 0 Å². The van der Waals surface area contributed by atoms with E-state index in [-0.39, 0.29) is 11.7 Å². The Hall–Kier alpha value is -3.14. The Balaban J connectivity index is 1.77. The van der Waals surface area contributed by atoms with Gasteiger partial charge >= 0.3 is 0 Å². The van der Waals surface area contributed by atoms with Gasteiger partial charge in [-0.2, -0.15) is 0 Å². The third-order valence-corrected chi connectivity index (χ3v) is 3.57. The van der Waals surface area contributed by atoms with E-state index >= 15 is 0 Å². The van der Waals surface area contributed by atoms with Crippen molar-refractivity contribution in [2.45, 2.75) is 6.92 Å². The van der Waals surface area contributed by atoms with E-state index in [1.54, 1.807) is 36.4 Å². The van der Waals surface area contributed by atoms with Gasteiger partial charge in [0.2, 0.25) is 0 Å². The van der Waals surface area contributed by atoms with Crippen LogP contribution in [-0.4, -0.2) is 12.2 Å². The van der Waals surface area contributed by atoms with Crippen molar-refractivity contribution < 1.29 is 14.0 Å². The van der Waals surface area contributed by atoms with E-state index < -0.39 is 0 Å². The van der Waals surface area contributed by atoms with Gasteiger partial charge in [-0.25, -0.2) is 0 Å². The molecule has 23 heavy (non-hydrogen) atoms. The molecule has 1 N–H and O–H groups in total. The van der Waals surface area contributed by atoms with Gasteiger partial charge in [-0.3, -0.25) is 9.59 Å². The van der Waals surface area contributed by atoms with Crippen molar-refractivity contribution >= 4 is 17.9 Å². The minimum absolute atomic E-state index is 0.168. The predicted octanol–water partition coefficient (Wildman–Crippen LogP) is 4.32. The standard InChI is InChI=1S/C19H15NO3/c1-13-4-2-3-5-17(13)20-19(22)15-8-6-14(7-9-15)18-11-10-16(12-21)23-18/h2-12H,1H3,(H,20,22). The fraction of sp³-hybridized carbons (Fsp3) is 0.0526. The number of carbonyl (C=O) groups is 2. The third kappa shape index (κ3) is 3.21. The van der Waals surface area contributed by atoms with E-state index in [9.17, 15) is 9.59 Å². The SMILES string of the molecule is Cc1ccccc1NC(=O)c1ccc(-c2ccc(C=O)o2)cc1. The van der Waals surface area contributed by atoms with Gasteiger partial charge in [0, 0.05) is 16.8 Å². The zero-order valence-corrected chi connectivity index (χ0v) is 12.6. The molecule has 0 bridgehead atoms. The average Bonchev–Trinajstić information content (AvgIpc) is 3.06. The summed E-state index contributed by atoms with van der Waals surface area (Å²) in [6.07, 6.45) is 0.660. The van der Waals surface area contributed by atoms with E-state index in [1.807, 2.05) is 31.2 Å². The van der Waals surface area contributed by atoms with Gasteiger partial charge in [-0.1, -0.05) is 30.3 Å². The quantitative estimate of drug-likeness (QED) is 0.730. The first-order valence-electron chi connectivity index (χ1n) is 7.20. The highest BCUT2D eigenvalue weighted by molar-refractivity contribution is 6.04. The molecule has 1 heterocycles. The highest BCUT2D eigenvalue weighted by Gasteiger charge is 2.09. The highest BCUT2D eigenvalue weighted by atomic mass is 16.3. The molecule has 114 valence electrons. The van der Waals surface area contributed by atoms with Crippen LogP contribution < -0.4 is 5.32 Å². The Bertz CT molecular complexity index is 847. The first-order valence-corrected chi connectivity index (χ1v) is 7.20. The normalized spacial score (nSPS) is 10.3. The second kappa shape index (κ2) is 6.32. The smallest absolute Gasteiger partial charge is 0.255 e.